The normalized spacial score (nSPS) is 29.8. The van der Waals surface area contributed by atoms with E-state index in [1.165, 1.54) is 0 Å². The minimum atomic E-state index is -0.121. The molecule has 1 saturated heterocycles. The van der Waals surface area contributed by atoms with E-state index >= 15 is 0 Å². The number of carbonyl (C=O) groups is 1. The Morgan fingerprint density at radius 3 is 3.00 bits per heavy atom. The second kappa shape index (κ2) is 5.16. The summed E-state index contributed by atoms with van der Waals surface area (Å²) >= 11 is 3.68. The van der Waals surface area contributed by atoms with Gasteiger partial charge in [0.1, 0.15) is 18.3 Å². The van der Waals surface area contributed by atoms with E-state index in [1.54, 1.807) is 0 Å². The van der Waals surface area contributed by atoms with Crippen molar-refractivity contribution in [1.82, 2.24) is 4.90 Å². The predicted molar refractivity (Wildman–Crippen MR) is 77.8 cm³/mol. The molecule has 3 rings (SSSR count). The Hall–Kier alpha value is -1.03. The van der Waals surface area contributed by atoms with Crippen molar-refractivity contribution in [2.45, 2.75) is 24.1 Å². The quantitative estimate of drug-likeness (QED) is 0.744. The highest BCUT2D eigenvalue weighted by Gasteiger charge is 2.35. The van der Waals surface area contributed by atoms with Gasteiger partial charge in [0.05, 0.1) is 0 Å². The Balaban J connectivity index is 1.75. The van der Waals surface area contributed by atoms with Crippen LogP contribution in [0.15, 0.2) is 24.3 Å². The van der Waals surface area contributed by atoms with Crippen molar-refractivity contribution in [3.05, 3.63) is 29.8 Å². The molecule has 0 aliphatic carbocycles. The molecular formula is C15H18BrNO2. The van der Waals surface area contributed by atoms with Crippen molar-refractivity contribution in [2.24, 2.45) is 5.92 Å². The lowest BCUT2D eigenvalue weighted by molar-refractivity contribution is -0.134. The van der Waals surface area contributed by atoms with Crippen LogP contribution in [0.25, 0.3) is 0 Å². The van der Waals surface area contributed by atoms with Crippen LogP contribution in [0.2, 0.25) is 0 Å². The van der Waals surface area contributed by atoms with Crippen LogP contribution in [-0.2, 0) is 4.79 Å². The van der Waals surface area contributed by atoms with Gasteiger partial charge in [-0.05, 0) is 18.4 Å². The van der Waals surface area contributed by atoms with Gasteiger partial charge in [0, 0.05) is 23.5 Å². The summed E-state index contributed by atoms with van der Waals surface area (Å²) in [6.45, 7) is 4.38. The van der Waals surface area contributed by atoms with Crippen LogP contribution in [0.3, 0.4) is 0 Å². The maximum absolute atomic E-state index is 12.6. The van der Waals surface area contributed by atoms with Gasteiger partial charge in [-0.2, -0.15) is 0 Å². The lowest BCUT2D eigenvalue weighted by Crippen LogP contribution is -2.45. The molecule has 3 atom stereocenters. The van der Waals surface area contributed by atoms with E-state index in [0.717, 1.165) is 30.8 Å². The molecule has 102 valence electrons. The monoisotopic (exact) mass is 323 g/mol. The molecule has 0 saturated carbocycles. The number of amides is 1. The summed E-state index contributed by atoms with van der Waals surface area (Å²) in [7, 11) is 0. The van der Waals surface area contributed by atoms with Crippen LogP contribution in [0, 0.1) is 5.92 Å². The molecule has 19 heavy (non-hydrogen) atoms. The Morgan fingerprint density at radius 1 is 1.42 bits per heavy atom. The smallest absolute Gasteiger partial charge is 0.233 e. The first-order chi connectivity index (χ1) is 9.16. The highest BCUT2D eigenvalue weighted by Crippen LogP contribution is 2.35. The summed E-state index contributed by atoms with van der Waals surface area (Å²) in [5, 5.41) is 0. The maximum Gasteiger partial charge on any atom is 0.233 e. The molecule has 4 heteroatoms. The number of ether oxygens (including phenoxy) is 1. The van der Waals surface area contributed by atoms with Crippen LogP contribution in [0.5, 0.6) is 5.75 Å². The van der Waals surface area contributed by atoms with E-state index in [1.807, 2.05) is 29.2 Å². The number of halogens is 1. The van der Waals surface area contributed by atoms with Gasteiger partial charge in [0.15, 0.2) is 0 Å². The number of alkyl halides is 1. The van der Waals surface area contributed by atoms with E-state index < -0.39 is 0 Å². The van der Waals surface area contributed by atoms with Gasteiger partial charge in [0.25, 0.3) is 0 Å². The number of nitrogens with zero attached hydrogens (tertiary/aromatic N) is 1. The lowest BCUT2D eigenvalue weighted by Gasteiger charge is -2.35. The minimum Gasteiger partial charge on any atom is -0.492 e. The predicted octanol–water partition coefficient (Wildman–Crippen LogP) is 2.79. The second-order valence-electron chi connectivity index (χ2n) is 5.47. The van der Waals surface area contributed by atoms with Crippen molar-refractivity contribution < 1.29 is 9.53 Å². The maximum atomic E-state index is 12.6. The number of carbonyl (C=O) groups excluding carboxylic acids is 1. The Morgan fingerprint density at radius 2 is 2.21 bits per heavy atom. The number of rotatable bonds is 1. The van der Waals surface area contributed by atoms with Crippen LogP contribution < -0.4 is 4.74 Å². The summed E-state index contributed by atoms with van der Waals surface area (Å²) in [5.74, 6) is 1.59. The number of fused-ring (bicyclic) bond motifs is 1. The molecule has 1 fully saturated rings. The SMILES string of the molecule is CC1CCN(C(=O)C2COc3ccccc32)CC1Br. The minimum absolute atomic E-state index is 0.121. The van der Waals surface area contributed by atoms with Gasteiger partial charge in [-0.1, -0.05) is 41.1 Å². The molecule has 0 aromatic heterocycles. The number of hydrogen-bond acceptors (Lipinski definition) is 2. The van der Waals surface area contributed by atoms with E-state index in [-0.39, 0.29) is 11.8 Å². The zero-order chi connectivity index (χ0) is 13.4. The summed E-state index contributed by atoms with van der Waals surface area (Å²) in [6, 6.07) is 7.86. The summed E-state index contributed by atoms with van der Waals surface area (Å²) in [4.78, 5) is 15.0. The average molecular weight is 324 g/mol. The van der Waals surface area contributed by atoms with Crippen molar-refractivity contribution in [3.8, 4) is 5.75 Å². The molecule has 2 aliphatic heterocycles. The van der Waals surface area contributed by atoms with Gasteiger partial charge < -0.3 is 9.64 Å². The van der Waals surface area contributed by atoms with Gasteiger partial charge in [0.2, 0.25) is 5.91 Å². The number of piperidine rings is 1. The third-order valence-electron chi connectivity index (χ3n) is 4.18. The van der Waals surface area contributed by atoms with Gasteiger partial charge >= 0.3 is 0 Å². The standard InChI is InChI=1S/C15H18BrNO2/c1-10-6-7-17(8-13(10)16)15(18)12-9-19-14-5-3-2-4-11(12)14/h2-5,10,12-13H,6-9H2,1H3. The molecule has 3 unspecified atom stereocenters. The topological polar surface area (TPSA) is 29.5 Å². The van der Waals surface area contributed by atoms with E-state index in [9.17, 15) is 4.79 Å². The Labute approximate surface area is 122 Å². The van der Waals surface area contributed by atoms with Crippen LogP contribution in [-0.4, -0.2) is 35.3 Å². The van der Waals surface area contributed by atoms with Crippen LogP contribution in [0.4, 0.5) is 0 Å². The summed E-state index contributed by atoms with van der Waals surface area (Å²) < 4.78 is 5.61. The van der Waals surface area contributed by atoms with Crippen molar-refractivity contribution >= 4 is 21.8 Å². The molecule has 1 aromatic rings. The van der Waals surface area contributed by atoms with Crippen LogP contribution in [0.1, 0.15) is 24.8 Å². The van der Waals surface area contributed by atoms with E-state index in [4.69, 9.17) is 4.74 Å². The Bertz CT molecular complexity index is 491. The number of benzene rings is 1. The molecule has 0 radical (unpaired) electrons. The largest absolute Gasteiger partial charge is 0.492 e. The van der Waals surface area contributed by atoms with Gasteiger partial charge in [-0.15, -0.1) is 0 Å². The fraction of sp³-hybridized carbons (Fsp3) is 0.533. The van der Waals surface area contributed by atoms with Gasteiger partial charge in [-0.3, -0.25) is 4.79 Å². The number of hydrogen-bond donors (Lipinski definition) is 0. The zero-order valence-electron chi connectivity index (χ0n) is 11.0. The molecule has 2 heterocycles. The molecule has 1 amide bonds. The lowest BCUT2D eigenvalue weighted by atomic mass is 9.95. The number of para-hydroxylation sites is 1. The third kappa shape index (κ3) is 2.38. The molecular weight excluding hydrogens is 306 g/mol. The number of likely N-dealkylation sites (tertiary alicyclic amines) is 1. The summed E-state index contributed by atoms with van der Waals surface area (Å²) in [5.41, 5.74) is 1.04. The second-order valence-corrected chi connectivity index (χ2v) is 6.64. The van der Waals surface area contributed by atoms with Crippen molar-refractivity contribution in [3.63, 3.8) is 0 Å². The van der Waals surface area contributed by atoms with E-state index in [2.05, 4.69) is 22.9 Å². The molecule has 0 bridgehead atoms. The molecule has 0 N–H and O–H groups in total. The average Bonchev–Trinajstić information content (AvgIpc) is 2.85. The summed E-state index contributed by atoms with van der Waals surface area (Å²) in [6.07, 6.45) is 1.07. The molecule has 1 aromatic carbocycles. The van der Waals surface area contributed by atoms with Crippen LogP contribution >= 0.6 is 15.9 Å². The highest BCUT2D eigenvalue weighted by atomic mass is 79.9. The first-order valence-corrected chi connectivity index (χ1v) is 7.73. The van der Waals surface area contributed by atoms with Crippen molar-refractivity contribution in [2.75, 3.05) is 19.7 Å². The fourth-order valence-electron chi connectivity index (χ4n) is 2.81. The molecule has 2 aliphatic rings. The third-order valence-corrected chi connectivity index (χ3v) is 5.37. The first-order valence-electron chi connectivity index (χ1n) is 6.81. The van der Waals surface area contributed by atoms with Gasteiger partial charge in [-0.25, -0.2) is 0 Å². The zero-order valence-corrected chi connectivity index (χ0v) is 12.6. The molecule has 3 nitrogen and oxygen atoms in total. The first kappa shape index (κ1) is 13.0. The van der Waals surface area contributed by atoms with E-state index in [0.29, 0.717) is 17.4 Å². The Kier molecular flexibility index (Phi) is 3.52. The fourth-order valence-corrected chi connectivity index (χ4v) is 3.42. The highest BCUT2D eigenvalue weighted by molar-refractivity contribution is 9.09. The van der Waals surface area contributed by atoms with Crippen molar-refractivity contribution in [1.29, 1.82) is 0 Å². The molecule has 0 spiro atoms.